The van der Waals surface area contributed by atoms with Crippen LogP contribution in [0.15, 0.2) is 54.6 Å². The Kier molecular flexibility index (Phi) is 5.52. The molecule has 1 heterocycles. The summed E-state index contributed by atoms with van der Waals surface area (Å²) in [5.74, 6) is 1.71. The molecule has 2 aromatic rings. The van der Waals surface area contributed by atoms with Gasteiger partial charge in [0.05, 0.1) is 13.0 Å². The number of hydrogen-bond acceptors (Lipinski definition) is 2. The maximum absolute atomic E-state index is 12.5. The van der Waals surface area contributed by atoms with Crippen molar-refractivity contribution in [1.82, 2.24) is 4.90 Å². The summed E-state index contributed by atoms with van der Waals surface area (Å²) in [5.41, 5.74) is 2.31. The molecule has 0 saturated carbocycles. The molecule has 1 aliphatic rings. The van der Waals surface area contributed by atoms with E-state index in [1.807, 2.05) is 47.4 Å². The Hall–Kier alpha value is -2.29. The largest absolute Gasteiger partial charge is 0.494 e. The number of ether oxygens (including phenoxy) is 1. The number of amides is 1. The summed E-state index contributed by atoms with van der Waals surface area (Å²) in [6.07, 6.45) is 2.59. The fraction of sp³-hybridized carbons (Fsp3) is 0.381. The first kappa shape index (κ1) is 16.6. The van der Waals surface area contributed by atoms with Gasteiger partial charge in [-0.2, -0.15) is 0 Å². The number of benzene rings is 2. The van der Waals surface area contributed by atoms with E-state index in [-0.39, 0.29) is 5.91 Å². The van der Waals surface area contributed by atoms with E-state index in [2.05, 4.69) is 19.1 Å². The molecule has 1 atom stereocenters. The topological polar surface area (TPSA) is 29.5 Å². The number of carbonyl (C=O) groups is 1. The van der Waals surface area contributed by atoms with Crippen molar-refractivity contribution in [2.24, 2.45) is 5.92 Å². The molecule has 0 N–H and O–H groups in total. The molecule has 0 bridgehead atoms. The van der Waals surface area contributed by atoms with E-state index in [1.54, 1.807) is 0 Å². The summed E-state index contributed by atoms with van der Waals surface area (Å²) in [6.45, 7) is 4.52. The summed E-state index contributed by atoms with van der Waals surface area (Å²) in [4.78, 5) is 14.5. The fourth-order valence-electron chi connectivity index (χ4n) is 3.26. The maximum atomic E-state index is 12.5. The molecular formula is C21H25NO2. The summed E-state index contributed by atoms with van der Waals surface area (Å²) in [6, 6.07) is 18.1. The minimum Gasteiger partial charge on any atom is -0.494 e. The van der Waals surface area contributed by atoms with Gasteiger partial charge in [0.25, 0.3) is 0 Å². The van der Waals surface area contributed by atoms with Crippen LogP contribution in [0.25, 0.3) is 0 Å². The average molecular weight is 323 g/mol. The number of hydrogen-bond donors (Lipinski definition) is 0. The van der Waals surface area contributed by atoms with Crippen LogP contribution in [0, 0.1) is 12.8 Å². The number of aryl methyl sites for hydroxylation is 1. The second-order valence-corrected chi connectivity index (χ2v) is 6.61. The van der Waals surface area contributed by atoms with Crippen LogP contribution in [0.2, 0.25) is 0 Å². The number of rotatable bonds is 6. The monoisotopic (exact) mass is 323 g/mol. The first-order valence-electron chi connectivity index (χ1n) is 8.72. The normalized spacial score (nSPS) is 17.0. The zero-order chi connectivity index (χ0) is 16.8. The minimum absolute atomic E-state index is 0.243. The molecule has 0 spiro atoms. The Morgan fingerprint density at radius 1 is 1.17 bits per heavy atom. The SMILES string of the molecule is Cc1cccc(CC(=O)N2CCC(CCOc3ccccc3)C2)c1. The Bertz CT molecular complexity index is 669. The molecule has 0 radical (unpaired) electrons. The Labute approximate surface area is 144 Å². The average Bonchev–Trinajstić information content (AvgIpc) is 3.05. The second-order valence-electron chi connectivity index (χ2n) is 6.61. The van der Waals surface area contributed by atoms with Crippen LogP contribution in [-0.4, -0.2) is 30.5 Å². The first-order chi connectivity index (χ1) is 11.7. The van der Waals surface area contributed by atoms with Crippen molar-refractivity contribution in [3.63, 3.8) is 0 Å². The molecule has 3 nitrogen and oxygen atoms in total. The third-order valence-electron chi connectivity index (χ3n) is 4.61. The van der Waals surface area contributed by atoms with E-state index in [0.29, 0.717) is 18.9 Å². The van der Waals surface area contributed by atoms with Gasteiger partial charge in [-0.05, 0) is 43.4 Å². The lowest BCUT2D eigenvalue weighted by Crippen LogP contribution is -2.30. The maximum Gasteiger partial charge on any atom is 0.226 e. The summed E-state index contributed by atoms with van der Waals surface area (Å²) in [7, 11) is 0. The number of carbonyl (C=O) groups excluding carboxylic acids is 1. The molecule has 1 unspecified atom stereocenters. The lowest BCUT2D eigenvalue weighted by molar-refractivity contribution is -0.129. The van der Waals surface area contributed by atoms with Gasteiger partial charge >= 0.3 is 0 Å². The molecule has 126 valence electrons. The van der Waals surface area contributed by atoms with E-state index in [0.717, 1.165) is 37.2 Å². The highest BCUT2D eigenvalue weighted by Crippen LogP contribution is 2.21. The Morgan fingerprint density at radius 2 is 2.00 bits per heavy atom. The predicted octanol–water partition coefficient (Wildman–Crippen LogP) is 3.86. The zero-order valence-corrected chi connectivity index (χ0v) is 14.3. The van der Waals surface area contributed by atoms with Crippen molar-refractivity contribution in [2.75, 3.05) is 19.7 Å². The second kappa shape index (κ2) is 8.00. The Morgan fingerprint density at radius 3 is 2.79 bits per heavy atom. The third kappa shape index (κ3) is 4.60. The highest BCUT2D eigenvalue weighted by atomic mass is 16.5. The standard InChI is InChI=1S/C21H25NO2/c1-17-6-5-7-19(14-17)15-21(23)22-12-10-18(16-22)11-13-24-20-8-3-2-4-9-20/h2-9,14,18H,10-13,15-16H2,1H3. The van der Waals surface area contributed by atoms with Gasteiger partial charge in [-0.1, -0.05) is 48.0 Å². The highest BCUT2D eigenvalue weighted by molar-refractivity contribution is 5.79. The molecule has 2 aromatic carbocycles. The molecule has 1 fully saturated rings. The van der Waals surface area contributed by atoms with Crippen molar-refractivity contribution in [3.05, 3.63) is 65.7 Å². The van der Waals surface area contributed by atoms with Crippen LogP contribution in [0.5, 0.6) is 5.75 Å². The van der Waals surface area contributed by atoms with Crippen molar-refractivity contribution in [3.8, 4) is 5.75 Å². The molecular weight excluding hydrogens is 298 g/mol. The van der Waals surface area contributed by atoms with E-state index in [4.69, 9.17) is 4.74 Å². The minimum atomic E-state index is 0.243. The number of nitrogens with zero attached hydrogens (tertiary/aromatic N) is 1. The molecule has 3 heteroatoms. The van der Waals surface area contributed by atoms with Crippen molar-refractivity contribution in [1.29, 1.82) is 0 Å². The van der Waals surface area contributed by atoms with E-state index < -0.39 is 0 Å². The van der Waals surface area contributed by atoms with Crippen molar-refractivity contribution in [2.45, 2.75) is 26.2 Å². The summed E-state index contributed by atoms with van der Waals surface area (Å²) >= 11 is 0. The molecule has 1 saturated heterocycles. The third-order valence-corrected chi connectivity index (χ3v) is 4.61. The summed E-state index contributed by atoms with van der Waals surface area (Å²) < 4.78 is 5.77. The van der Waals surface area contributed by atoms with Crippen LogP contribution in [0.3, 0.4) is 0 Å². The van der Waals surface area contributed by atoms with Gasteiger partial charge in [-0.3, -0.25) is 4.79 Å². The smallest absolute Gasteiger partial charge is 0.226 e. The van der Waals surface area contributed by atoms with Gasteiger partial charge in [0, 0.05) is 13.1 Å². The van der Waals surface area contributed by atoms with Gasteiger partial charge in [-0.15, -0.1) is 0 Å². The Balaban J connectivity index is 1.42. The van der Waals surface area contributed by atoms with Crippen molar-refractivity contribution >= 4 is 5.91 Å². The first-order valence-corrected chi connectivity index (χ1v) is 8.72. The lowest BCUT2D eigenvalue weighted by atomic mass is 10.1. The van der Waals surface area contributed by atoms with E-state index in [9.17, 15) is 4.79 Å². The molecule has 1 amide bonds. The molecule has 0 aliphatic carbocycles. The lowest BCUT2D eigenvalue weighted by Gasteiger charge is -2.17. The van der Waals surface area contributed by atoms with E-state index >= 15 is 0 Å². The summed E-state index contributed by atoms with van der Waals surface area (Å²) in [5, 5.41) is 0. The van der Waals surface area contributed by atoms with Gasteiger partial charge < -0.3 is 9.64 Å². The van der Waals surface area contributed by atoms with Gasteiger partial charge in [0.1, 0.15) is 5.75 Å². The van der Waals surface area contributed by atoms with Gasteiger partial charge in [-0.25, -0.2) is 0 Å². The fourth-order valence-corrected chi connectivity index (χ4v) is 3.26. The quantitative estimate of drug-likeness (QED) is 0.808. The number of para-hydroxylation sites is 1. The van der Waals surface area contributed by atoms with Crippen molar-refractivity contribution < 1.29 is 9.53 Å². The zero-order valence-electron chi connectivity index (χ0n) is 14.3. The molecule has 24 heavy (non-hydrogen) atoms. The molecule has 3 rings (SSSR count). The van der Waals surface area contributed by atoms with E-state index in [1.165, 1.54) is 5.56 Å². The number of likely N-dealkylation sites (tertiary alicyclic amines) is 1. The van der Waals surface area contributed by atoms with Gasteiger partial charge in [0.15, 0.2) is 0 Å². The van der Waals surface area contributed by atoms with Gasteiger partial charge in [0.2, 0.25) is 5.91 Å². The van der Waals surface area contributed by atoms with Crippen LogP contribution >= 0.6 is 0 Å². The predicted molar refractivity (Wildman–Crippen MR) is 96.1 cm³/mol. The molecule has 1 aliphatic heterocycles. The van der Waals surface area contributed by atoms with Crippen LogP contribution in [-0.2, 0) is 11.2 Å². The van der Waals surface area contributed by atoms with Crippen LogP contribution in [0.4, 0.5) is 0 Å². The van der Waals surface area contributed by atoms with Crippen LogP contribution in [0.1, 0.15) is 24.0 Å². The highest BCUT2D eigenvalue weighted by Gasteiger charge is 2.26. The molecule has 0 aromatic heterocycles. The van der Waals surface area contributed by atoms with Crippen LogP contribution < -0.4 is 4.74 Å².